The van der Waals surface area contributed by atoms with E-state index in [1.165, 1.54) is 0 Å². The van der Waals surface area contributed by atoms with E-state index in [0.29, 0.717) is 6.04 Å². The SMILES string of the molecule is CCCc1nc(NC)cc(N2CCOCC2CC)n1. The summed E-state index contributed by atoms with van der Waals surface area (Å²) in [5.41, 5.74) is 0. The number of aromatic nitrogens is 2. The maximum Gasteiger partial charge on any atom is 0.134 e. The standard InChI is InChI=1S/C14H24N4O/c1-4-6-12-16-13(15-3)9-14(17-12)18-7-8-19-10-11(18)5-2/h9,11H,4-8,10H2,1-3H3,(H,15,16,17). The zero-order chi connectivity index (χ0) is 13.7. The molecule has 0 radical (unpaired) electrons. The van der Waals surface area contributed by atoms with Crippen molar-refractivity contribution in [3.8, 4) is 0 Å². The van der Waals surface area contributed by atoms with E-state index < -0.39 is 0 Å². The predicted octanol–water partition coefficient (Wildman–Crippen LogP) is 2.09. The Morgan fingerprint density at radius 3 is 2.95 bits per heavy atom. The molecule has 2 heterocycles. The Hall–Kier alpha value is -1.36. The zero-order valence-corrected chi connectivity index (χ0v) is 12.1. The number of nitrogens with one attached hydrogen (secondary N) is 1. The van der Waals surface area contributed by atoms with Crippen molar-refractivity contribution >= 4 is 11.6 Å². The van der Waals surface area contributed by atoms with Gasteiger partial charge in [0, 0.05) is 26.1 Å². The van der Waals surface area contributed by atoms with Crippen LogP contribution in [0.4, 0.5) is 11.6 Å². The molecule has 0 bridgehead atoms. The van der Waals surface area contributed by atoms with Gasteiger partial charge in [0.2, 0.25) is 0 Å². The van der Waals surface area contributed by atoms with E-state index in [-0.39, 0.29) is 0 Å². The average Bonchev–Trinajstić information content (AvgIpc) is 2.47. The van der Waals surface area contributed by atoms with Gasteiger partial charge in [0.25, 0.3) is 0 Å². The van der Waals surface area contributed by atoms with Crippen LogP contribution in [0.25, 0.3) is 0 Å². The Bertz CT molecular complexity index is 410. The Morgan fingerprint density at radius 1 is 1.42 bits per heavy atom. The van der Waals surface area contributed by atoms with Gasteiger partial charge in [-0.05, 0) is 12.8 Å². The van der Waals surface area contributed by atoms with E-state index in [9.17, 15) is 0 Å². The number of aryl methyl sites for hydroxylation is 1. The monoisotopic (exact) mass is 264 g/mol. The van der Waals surface area contributed by atoms with E-state index in [2.05, 4.69) is 29.0 Å². The number of hydrogen-bond donors (Lipinski definition) is 1. The fourth-order valence-corrected chi connectivity index (χ4v) is 2.39. The molecular weight excluding hydrogens is 240 g/mol. The molecule has 0 aromatic carbocycles. The molecule has 5 nitrogen and oxygen atoms in total. The molecule has 1 N–H and O–H groups in total. The Morgan fingerprint density at radius 2 is 2.26 bits per heavy atom. The third kappa shape index (κ3) is 3.35. The smallest absolute Gasteiger partial charge is 0.134 e. The van der Waals surface area contributed by atoms with Gasteiger partial charge in [-0.25, -0.2) is 9.97 Å². The van der Waals surface area contributed by atoms with Gasteiger partial charge in [-0.3, -0.25) is 0 Å². The quantitative estimate of drug-likeness (QED) is 0.882. The van der Waals surface area contributed by atoms with Gasteiger partial charge in [-0.2, -0.15) is 0 Å². The van der Waals surface area contributed by atoms with E-state index in [0.717, 1.165) is 56.5 Å². The molecule has 5 heteroatoms. The molecule has 1 aliphatic rings. The summed E-state index contributed by atoms with van der Waals surface area (Å²) in [5.74, 6) is 2.85. The van der Waals surface area contributed by atoms with Crippen molar-refractivity contribution in [2.75, 3.05) is 37.0 Å². The van der Waals surface area contributed by atoms with Crippen LogP contribution >= 0.6 is 0 Å². The van der Waals surface area contributed by atoms with E-state index in [4.69, 9.17) is 9.72 Å². The van der Waals surface area contributed by atoms with Crippen LogP contribution in [0.1, 0.15) is 32.5 Å². The minimum atomic E-state index is 0.419. The zero-order valence-electron chi connectivity index (χ0n) is 12.1. The Labute approximate surface area is 115 Å². The molecule has 0 saturated carbocycles. The van der Waals surface area contributed by atoms with E-state index in [1.54, 1.807) is 0 Å². The molecule has 0 spiro atoms. The number of rotatable bonds is 5. The van der Waals surface area contributed by atoms with E-state index >= 15 is 0 Å². The molecule has 1 atom stereocenters. The largest absolute Gasteiger partial charge is 0.377 e. The Kier molecular flexibility index (Phi) is 4.96. The predicted molar refractivity (Wildman–Crippen MR) is 77.8 cm³/mol. The van der Waals surface area contributed by atoms with Crippen molar-refractivity contribution in [3.63, 3.8) is 0 Å². The van der Waals surface area contributed by atoms with Crippen LogP contribution in [-0.2, 0) is 11.2 Å². The number of nitrogens with zero attached hydrogens (tertiary/aromatic N) is 3. The molecule has 2 rings (SSSR count). The number of anilines is 2. The van der Waals surface area contributed by atoms with Gasteiger partial charge in [0.05, 0.1) is 19.3 Å². The van der Waals surface area contributed by atoms with Gasteiger partial charge in [0.1, 0.15) is 17.5 Å². The van der Waals surface area contributed by atoms with Crippen molar-refractivity contribution in [2.45, 2.75) is 39.2 Å². The first-order chi connectivity index (χ1) is 9.28. The summed E-state index contributed by atoms with van der Waals surface area (Å²) in [6.07, 6.45) is 3.05. The minimum Gasteiger partial charge on any atom is -0.377 e. The molecule has 1 aromatic rings. The van der Waals surface area contributed by atoms with Gasteiger partial charge < -0.3 is 15.0 Å². The highest BCUT2D eigenvalue weighted by Crippen LogP contribution is 2.22. The summed E-state index contributed by atoms with van der Waals surface area (Å²) < 4.78 is 5.56. The summed E-state index contributed by atoms with van der Waals surface area (Å²) >= 11 is 0. The van der Waals surface area contributed by atoms with Crippen molar-refractivity contribution in [1.82, 2.24) is 9.97 Å². The lowest BCUT2D eigenvalue weighted by Gasteiger charge is -2.36. The Balaban J connectivity index is 2.28. The highest BCUT2D eigenvalue weighted by Gasteiger charge is 2.23. The van der Waals surface area contributed by atoms with Crippen molar-refractivity contribution in [2.24, 2.45) is 0 Å². The molecule has 106 valence electrons. The highest BCUT2D eigenvalue weighted by molar-refractivity contribution is 5.50. The lowest BCUT2D eigenvalue weighted by molar-refractivity contribution is 0.0925. The van der Waals surface area contributed by atoms with Gasteiger partial charge >= 0.3 is 0 Å². The second-order valence-corrected chi connectivity index (χ2v) is 4.86. The fourth-order valence-electron chi connectivity index (χ4n) is 2.39. The summed E-state index contributed by atoms with van der Waals surface area (Å²) in [6, 6.07) is 2.45. The lowest BCUT2D eigenvalue weighted by Crippen LogP contribution is -2.45. The highest BCUT2D eigenvalue weighted by atomic mass is 16.5. The molecule has 1 aromatic heterocycles. The van der Waals surface area contributed by atoms with Crippen LogP contribution in [-0.4, -0.2) is 42.8 Å². The van der Waals surface area contributed by atoms with Gasteiger partial charge in [-0.1, -0.05) is 13.8 Å². The summed E-state index contributed by atoms with van der Waals surface area (Å²) in [7, 11) is 1.90. The molecule has 1 saturated heterocycles. The first-order valence-corrected chi connectivity index (χ1v) is 7.18. The molecule has 0 amide bonds. The molecule has 0 aliphatic carbocycles. The molecule has 1 fully saturated rings. The second kappa shape index (κ2) is 6.70. The summed E-state index contributed by atoms with van der Waals surface area (Å²) in [6.45, 7) is 6.82. The van der Waals surface area contributed by atoms with Gasteiger partial charge in [0.15, 0.2) is 0 Å². The normalized spacial score (nSPS) is 19.5. The van der Waals surface area contributed by atoms with Crippen molar-refractivity contribution in [3.05, 3.63) is 11.9 Å². The molecule has 1 unspecified atom stereocenters. The first kappa shape index (κ1) is 14.1. The molecule has 19 heavy (non-hydrogen) atoms. The fraction of sp³-hybridized carbons (Fsp3) is 0.714. The first-order valence-electron chi connectivity index (χ1n) is 7.18. The number of hydrogen-bond acceptors (Lipinski definition) is 5. The molecule has 1 aliphatic heterocycles. The van der Waals surface area contributed by atoms with E-state index in [1.807, 2.05) is 13.1 Å². The van der Waals surface area contributed by atoms with Crippen LogP contribution in [0.5, 0.6) is 0 Å². The second-order valence-electron chi connectivity index (χ2n) is 4.86. The van der Waals surface area contributed by atoms with Crippen LogP contribution < -0.4 is 10.2 Å². The third-order valence-electron chi connectivity index (χ3n) is 3.48. The van der Waals surface area contributed by atoms with Crippen LogP contribution in [0, 0.1) is 0 Å². The van der Waals surface area contributed by atoms with Crippen LogP contribution in [0.15, 0.2) is 6.07 Å². The number of ether oxygens (including phenoxy) is 1. The summed E-state index contributed by atoms with van der Waals surface area (Å²) in [4.78, 5) is 11.6. The third-order valence-corrected chi connectivity index (χ3v) is 3.48. The minimum absolute atomic E-state index is 0.419. The maximum absolute atomic E-state index is 5.56. The van der Waals surface area contributed by atoms with Crippen LogP contribution in [0.2, 0.25) is 0 Å². The summed E-state index contributed by atoms with van der Waals surface area (Å²) in [5, 5.41) is 3.13. The van der Waals surface area contributed by atoms with Crippen molar-refractivity contribution in [1.29, 1.82) is 0 Å². The van der Waals surface area contributed by atoms with Crippen LogP contribution in [0.3, 0.4) is 0 Å². The average molecular weight is 264 g/mol. The molecular formula is C14H24N4O. The van der Waals surface area contributed by atoms with Crippen molar-refractivity contribution < 1.29 is 4.74 Å². The van der Waals surface area contributed by atoms with Gasteiger partial charge in [-0.15, -0.1) is 0 Å². The number of morpholine rings is 1. The topological polar surface area (TPSA) is 50.3 Å². The lowest BCUT2D eigenvalue weighted by atomic mass is 10.2. The maximum atomic E-state index is 5.56.